The summed E-state index contributed by atoms with van der Waals surface area (Å²) >= 11 is 1.57. The molecule has 7 N–H and O–H groups in total. The predicted molar refractivity (Wildman–Crippen MR) is 161 cm³/mol. The lowest BCUT2D eigenvalue weighted by Gasteiger charge is -2.09. The van der Waals surface area contributed by atoms with E-state index in [0.29, 0.717) is 35.9 Å². The number of benzene rings is 2. The van der Waals surface area contributed by atoms with Crippen LogP contribution < -0.4 is 16.4 Å². The van der Waals surface area contributed by atoms with Crippen molar-refractivity contribution in [1.82, 2.24) is 14.8 Å². The van der Waals surface area contributed by atoms with Gasteiger partial charge in [0.25, 0.3) is 0 Å². The van der Waals surface area contributed by atoms with Gasteiger partial charge in [-0.3, -0.25) is 4.68 Å². The Morgan fingerprint density at radius 2 is 1.65 bits per heavy atom. The predicted octanol–water partition coefficient (Wildman–Crippen LogP) is 4.90. The zero-order chi connectivity index (χ0) is 30.9. The number of aliphatic hydroxyl groups is 1. The largest absolute Gasteiger partial charge is 0.478 e. The van der Waals surface area contributed by atoms with Gasteiger partial charge in [-0.1, -0.05) is 18.2 Å². The van der Waals surface area contributed by atoms with Crippen LogP contribution in [0.4, 0.5) is 26.4 Å². The van der Waals surface area contributed by atoms with Crippen LogP contribution in [-0.4, -0.2) is 54.7 Å². The van der Waals surface area contributed by atoms with Gasteiger partial charge in [0.1, 0.15) is 11.6 Å². The van der Waals surface area contributed by atoms with Gasteiger partial charge in [0.2, 0.25) is 0 Å². The van der Waals surface area contributed by atoms with Gasteiger partial charge in [-0.25, -0.2) is 23.8 Å². The number of nitrogens with zero attached hydrogens (tertiary/aromatic N) is 3. The maximum absolute atomic E-state index is 13.3. The van der Waals surface area contributed by atoms with E-state index in [1.807, 2.05) is 23.7 Å². The van der Waals surface area contributed by atoms with Crippen LogP contribution >= 0.6 is 11.3 Å². The number of thiophene rings is 1. The third-order valence-electron chi connectivity index (χ3n) is 5.80. The number of carbonyl (C=O) groups is 3. The lowest BCUT2D eigenvalue weighted by molar-refractivity contribution is -0.134. The van der Waals surface area contributed by atoms with Gasteiger partial charge in [-0.05, 0) is 41.3 Å². The molecule has 5 aromatic rings. The number of rotatable bonds is 8. The number of halogens is 1. The summed E-state index contributed by atoms with van der Waals surface area (Å²) in [6.45, 7) is 0.429. The van der Waals surface area contributed by atoms with Crippen molar-refractivity contribution < 1.29 is 34.1 Å². The van der Waals surface area contributed by atoms with E-state index in [0.717, 1.165) is 32.3 Å². The van der Waals surface area contributed by atoms with Crippen LogP contribution in [0.3, 0.4) is 0 Å². The van der Waals surface area contributed by atoms with Crippen LogP contribution in [0.5, 0.6) is 0 Å². The zero-order valence-electron chi connectivity index (χ0n) is 22.3. The Kier molecular flexibility index (Phi) is 9.78. The lowest BCUT2D eigenvalue weighted by Crippen LogP contribution is -2.19. The number of amides is 2. The first-order valence-corrected chi connectivity index (χ1v) is 13.4. The van der Waals surface area contributed by atoms with Crippen molar-refractivity contribution in [1.29, 1.82) is 0 Å². The van der Waals surface area contributed by atoms with Crippen molar-refractivity contribution in [2.45, 2.75) is 6.54 Å². The Labute approximate surface area is 247 Å². The van der Waals surface area contributed by atoms with Crippen LogP contribution in [-0.2, 0) is 16.1 Å². The number of fused-ring (bicyclic) bond motifs is 1. The summed E-state index contributed by atoms with van der Waals surface area (Å²) in [5.41, 5.74) is 10.9. The number of hydrogen-bond acceptors (Lipinski definition) is 8. The molecule has 0 spiro atoms. The summed E-state index contributed by atoms with van der Waals surface area (Å²) < 4.78 is 16.0. The summed E-state index contributed by atoms with van der Waals surface area (Å²) in [7, 11) is 0. The Bertz CT molecular complexity index is 1790. The molecule has 43 heavy (non-hydrogen) atoms. The molecule has 2 amide bonds. The molecule has 3 aromatic heterocycles. The van der Waals surface area contributed by atoms with Gasteiger partial charge in [0.15, 0.2) is 0 Å². The fraction of sp³-hybridized carbons (Fsp3) is 0.0690. The monoisotopic (exact) mass is 604 g/mol. The van der Waals surface area contributed by atoms with E-state index < -0.39 is 23.8 Å². The quantitative estimate of drug-likeness (QED) is 0.134. The third-order valence-corrected chi connectivity index (χ3v) is 6.82. The first kappa shape index (κ1) is 30.4. The lowest BCUT2D eigenvalue weighted by atomic mass is 10.0. The van der Waals surface area contributed by atoms with E-state index in [1.54, 1.807) is 46.6 Å². The average Bonchev–Trinajstić information content (AvgIpc) is 3.62. The van der Waals surface area contributed by atoms with E-state index in [-0.39, 0.29) is 6.61 Å². The van der Waals surface area contributed by atoms with Crippen molar-refractivity contribution in [2.75, 3.05) is 23.0 Å². The number of anilines is 3. The minimum atomic E-state index is -1.26. The minimum absolute atomic E-state index is 0.0109. The van der Waals surface area contributed by atoms with E-state index in [2.05, 4.69) is 20.7 Å². The van der Waals surface area contributed by atoms with Crippen molar-refractivity contribution in [3.8, 4) is 22.3 Å². The molecule has 0 saturated heterocycles. The molecule has 14 heteroatoms. The molecule has 0 atom stereocenters. The van der Waals surface area contributed by atoms with Gasteiger partial charge in [-0.2, -0.15) is 5.10 Å². The van der Waals surface area contributed by atoms with Crippen LogP contribution in [0.2, 0.25) is 0 Å². The number of hydrogen-bond donors (Lipinski definition) is 6. The fourth-order valence-electron chi connectivity index (χ4n) is 3.95. The van der Waals surface area contributed by atoms with Crippen LogP contribution in [0.15, 0.2) is 84.7 Å². The van der Waals surface area contributed by atoms with E-state index >= 15 is 0 Å². The molecule has 3 heterocycles. The molecule has 5 rings (SSSR count). The second kappa shape index (κ2) is 13.8. The standard InChI is InChI=1S/C25H21FN6O2S.C4H4O4/c26-17-2-1-3-19(10-17)31-25(34)30-18-6-4-15(5-7-18)21-14-35-23-20(12-28-24(27)22(21)23)16-11-29-32(13-16)8-9-33;5-3(6)1-2-4(7)8/h1-7,10-14,33H,8-9H2,(H2,27,28)(H2,30,31,34);1-2H,(H,5,6)(H,7,8)/b;2-1-. The third kappa shape index (κ3) is 8.00. The number of carboxylic acid groups (broad SMARTS) is 2. The molecule has 12 nitrogen and oxygen atoms in total. The van der Waals surface area contributed by atoms with E-state index in [1.165, 1.54) is 18.2 Å². The topological polar surface area (TPSA) is 193 Å². The number of nitrogen functional groups attached to an aromatic ring is 1. The Morgan fingerprint density at radius 3 is 2.30 bits per heavy atom. The highest BCUT2D eigenvalue weighted by atomic mass is 32.1. The Morgan fingerprint density at radius 1 is 0.953 bits per heavy atom. The van der Waals surface area contributed by atoms with Gasteiger partial charge >= 0.3 is 18.0 Å². The maximum atomic E-state index is 13.3. The molecule has 2 aromatic carbocycles. The Hall–Kier alpha value is -5.60. The molecule has 0 unspecified atom stereocenters. The Balaban J connectivity index is 0.000000467. The highest BCUT2D eigenvalue weighted by Gasteiger charge is 2.16. The van der Waals surface area contributed by atoms with Crippen molar-refractivity contribution in [3.05, 3.63) is 90.5 Å². The summed E-state index contributed by atoms with van der Waals surface area (Å²) in [5, 5.41) is 37.3. The number of pyridine rings is 1. The summed E-state index contributed by atoms with van der Waals surface area (Å²) in [4.78, 5) is 35.8. The summed E-state index contributed by atoms with van der Waals surface area (Å²) in [6.07, 6.45) is 6.47. The van der Waals surface area contributed by atoms with Crippen molar-refractivity contribution in [3.63, 3.8) is 0 Å². The highest BCUT2D eigenvalue weighted by molar-refractivity contribution is 7.18. The van der Waals surface area contributed by atoms with Gasteiger partial charge in [-0.15, -0.1) is 11.3 Å². The molecule has 0 aliphatic carbocycles. The average molecular weight is 605 g/mol. The van der Waals surface area contributed by atoms with Gasteiger partial charge in [0, 0.05) is 62.7 Å². The van der Waals surface area contributed by atoms with Crippen molar-refractivity contribution in [2.24, 2.45) is 0 Å². The molecule has 0 aliphatic rings. The molecular weight excluding hydrogens is 579 g/mol. The molecule has 220 valence electrons. The fourth-order valence-corrected chi connectivity index (χ4v) is 5.07. The highest BCUT2D eigenvalue weighted by Crippen LogP contribution is 2.41. The van der Waals surface area contributed by atoms with E-state index in [4.69, 9.17) is 21.1 Å². The van der Waals surface area contributed by atoms with Crippen LogP contribution in [0.1, 0.15) is 0 Å². The number of nitrogens with two attached hydrogens (primary N) is 1. The molecule has 0 saturated carbocycles. The SMILES string of the molecule is Nc1ncc(-c2cnn(CCO)c2)c2scc(-c3ccc(NC(=O)Nc4cccc(F)c4)cc3)c12.O=C(O)/C=C\C(=O)O. The number of aromatic nitrogens is 3. The molecule has 0 fully saturated rings. The second-order valence-electron chi connectivity index (χ2n) is 8.80. The van der Waals surface area contributed by atoms with Gasteiger partial charge in [0.05, 0.1) is 19.3 Å². The molecule has 0 aliphatic heterocycles. The summed E-state index contributed by atoms with van der Waals surface area (Å²) in [5.74, 6) is -2.51. The smallest absolute Gasteiger partial charge is 0.328 e. The van der Waals surface area contributed by atoms with Crippen LogP contribution in [0, 0.1) is 5.82 Å². The zero-order valence-corrected chi connectivity index (χ0v) is 23.1. The van der Waals surface area contributed by atoms with Gasteiger partial charge < -0.3 is 31.7 Å². The van der Waals surface area contributed by atoms with Crippen molar-refractivity contribution >= 4 is 56.6 Å². The summed E-state index contributed by atoms with van der Waals surface area (Å²) in [6, 6.07) is 12.6. The molecular formula is C29H25FN6O6S. The maximum Gasteiger partial charge on any atom is 0.328 e. The number of aliphatic carboxylic acids is 2. The van der Waals surface area contributed by atoms with Crippen LogP contribution in [0.25, 0.3) is 32.3 Å². The minimum Gasteiger partial charge on any atom is -0.478 e. The first-order valence-electron chi connectivity index (χ1n) is 12.5. The number of carbonyl (C=O) groups excluding carboxylic acids is 1. The second-order valence-corrected chi connectivity index (χ2v) is 9.68. The molecule has 0 bridgehead atoms. The normalized spacial score (nSPS) is 10.7. The number of carboxylic acids is 2. The number of aliphatic hydroxyl groups excluding tert-OH is 1. The van der Waals surface area contributed by atoms with E-state index in [9.17, 15) is 18.8 Å². The molecule has 0 radical (unpaired) electrons. The number of nitrogens with one attached hydrogen (secondary N) is 2. The number of urea groups is 1. The first-order chi connectivity index (χ1) is 20.6.